The minimum absolute atomic E-state index is 0.127. The van der Waals surface area contributed by atoms with Crippen molar-refractivity contribution in [3.8, 4) is 0 Å². The van der Waals surface area contributed by atoms with Crippen LogP contribution in [0, 0.1) is 6.92 Å². The van der Waals surface area contributed by atoms with E-state index in [0.29, 0.717) is 15.9 Å². The summed E-state index contributed by atoms with van der Waals surface area (Å²) in [4.78, 5) is 15.9. The second-order valence-electron chi connectivity index (χ2n) is 5.14. The van der Waals surface area contributed by atoms with E-state index in [-0.39, 0.29) is 5.69 Å². The summed E-state index contributed by atoms with van der Waals surface area (Å²) in [5, 5.41) is 14.1. The van der Waals surface area contributed by atoms with Crippen molar-refractivity contribution >= 4 is 29.5 Å². The van der Waals surface area contributed by atoms with Crippen molar-refractivity contribution in [1.29, 1.82) is 0 Å². The highest BCUT2D eigenvalue weighted by atomic mass is 32.1. The number of carboxylic acids is 1. The number of carboxylic acid groups (broad SMARTS) is 1. The maximum absolute atomic E-state index is 11.0. The Hall–Kier alpha value is -1.99. The van der Waals surface area contributed by atoms with Crippen molar-refractivity contribution in [2.75, 3.05) is 13.2 Å². The molecule has 0 radical (unpaired) electrons. The SMILES string of the molecule is Cc1sc(/C=C/c2ccnn2C2CCOCC2)nc1C(=O)O. The molecule has 0 aromatic carbocycles. The van der Waals surface area contributed by atoms with Gasteiger partial charge in [0.15, 0.2) is 5.69 Å². The lowest BCUT2D eigenvalue weighted by Gasteiger charge is -2.23. The summed E-state index contributed by atoms with van der Waals surface area (Å²) in [5.74, 6) is -0.986. The summed E-state index contributed by atoms with van der Waals surface area (Å²) < 4.78 is 7.39. The molecule has 0 spiro atoms. The number of aryl methyl sites for hydroxylation is 1. The molecule has 0 aliphatic carbocycles. The number of aromatic carboxylic acids is 1. The monoisotopic (exact) mass is 319 g/mol. The van der Waals surface area contributed by atoms with Gasteiger partial charge < -0.3 is 9.84 Å². The molecule has 0 atom stereocenters. The standard InChI is InChI=1S/C15H17N3O3S/c1-10-14(15(19)20)17-13(22-10)3-2-11-4-7-16-18(11)12-5-8-21-9-6-12/h2-4,7,12H,5-6,8-9H2,1H3,(H,19,20)/b3-2+. The van der Waals surface area contributed by atoms with E-state index in [1.807, 2.05) is 22.9 Å². The van der Waals surface area contributed by atoms with E-state index in [4.69, 9.17) is 9.84 Å². The Labute approximate surface area is 132 Å². The highest BCUT2D eigenvalue weighted by Gasteiger charge is 2.18. The summed E-state index contributed by atoms with van der Waals surface area (Å²) in [6.07, 6.45) is 7.48. The van der Waals surface area contributed by atoms with Gasteiger partial charge in [0, 0.05) is 24.3 Å². The average Bonchev–Trinajstić information content (AvgIpc) is 3.12. The number of nitrogens with zero attached hydrogens (tertiary/aromatic N) is 3. The van der Waals surface area contributed by atoms with Gasteiger partial charge >= 0.3 is 5.97 Å². The van der Waals surface area contributed by atoms with Crippen molar-refractivity contribution in [3.63, 3.8) is 0 Å². The predicted molar refractivity (Wildman–Crippen MR) is 84.1 cm³/mol. The molecule has 1 fully saturated rings. The van der Waals surface area contributed by atoms with E-state index in [1.54, 1.807) is 13.1 Å². The van der Waals surface area contributed by atoms with E-state index in [0.717, 1.165) is 31.7 Å². The number of hydrogen-bond donors (Lipinski definition) is 1. The minimum Gasteiger partial charge on any atom is -0.476 e. The molecule has 1 aliphatic rings. The number of carbonyl (C=O) groups is 1. The zero-order valence-electron chi connectivity index (χ0n) is 12.2. The van der Waals surface area contributed by atoms with Gasteiger partial charge in [0.2, 0.25) is 0 Å². The fourth-order valence-corrected chi connectivity index (χ4v) is 3.35. The molecule has 0 unspecified atom stereocenters. The number of hydrogen-bond acceptors (Lipinski definition) is 5. The quantitative estimate of drug-likeness (QED) is 0.937. The molecule has 3 heterocycles. The minimum atomic E-state index is -0.986. The van der Waals surface area contributed by atoms with Crippen molar-refractivity contribution in [1.82, 2.24) is 14.8 Å². The van der Waals surface area contributed by atoms with Gasteiger partial charge in [-0.15, -0.1) is 11.3 Å². The Morgan fingerprint density at radius 3 is 2.91 bits per heavy atom. The zero-order valence-corrected chi connectivity index (χ0v) is 13.0. The molecule has 0 amide bonds. The second-order valence-corrected chi connectivity index (χ2v) is 6.37. The van der Waals surface area contributed by atoms with Gasteiger partial charge in [-0.1, -0.05) is 0 Å². The normalized spacial score (nSPS) is 16.4. The summed E-state index contributed by atoms with van der Waals surface area (Å²) in [6.45, 7) is 3.30. The number of thiazole rings is 1. The Balaban J connectivity index is 1.80. The molecular weight excluding hydrogens is 302 g/mol. The lowest BCUT2D eigenvalue weighted by Crippen LogP contribution is -2.21. The smallest absolute Gasteiger partial charge is 0.355 e. The highest BCUT2D eigenvalue weighted by Crippen LogP contribution is 2.24. The van der Waals surface area contributed by atoms with Crippen molar-refractivity contribution < 1.29 is 14.6 Å². The molecule has 2 aromatic rings. The molecular formula is C15H17N3O3S. The fraction of sp³-hybridized carbons (Fsp3) is 0.400. The lowest BCUT2D eigenvalue weighted by molar-refractivity contribution is 0.0660. The molecule has 1 saturated heterocycles. The summed E-state index contributed by atoms with van der Waals surface area (Å²) in [7, 11) is 0. The number of rotatable bonds is 4. The van der Waals surface area contributed by atoms with Gasteiger partial charge in [-0.2, -0.15) is 5.10 Å². The van der Waals surface area contributed by atoms with Crippen LogP contribution in [0.15, 0.2) is 12.3 Å². The van der Waals surface area contributed by atoms with Crippen molar-refractivity contribution in [2.45, 2.75) is 25.8 Å². The maximum Gasteiger partial charge on any atom is 0.355 e. The van der Waals surface area contributed by atoms with Crippen LogP contribution in [0.25, 0.3) is 12.2 Å². The molecule has 2 aromatic heterocycles. The van der Waals surface area contributed by atoms with Crippen LogP contribution in [0.5, 0.6) is 0 Å². The van der Waals surface area contributed by atoms with Crippen LogP contribution in [0.2, 0.25) is 0 Å². The fourth-order valence-electron chi connectivity index (χ4n) is 2.53. The van der Waals surface area contributed by atoms with E-state index >= 15 is 0 Å². The summed E-state index contributed by atoms with van der Waals surface area (Å²) in [6, 6.07) is 2.31. The van der Waals surface area contributed by atoms with Gasteiger partial charge in [0.1, 0.15) is 5.01 Å². The van der Waals surface area contributed by atoms with Gasteiger partial charge in [-0.3, -0.25) is 4.68 Å². The maximum atomic E-state index is 11.0. The van der Waals surface area contributed by atoms with Crippen LogP contribution in [0.4, 0.5) is 0 Å². The number of ether oxygens (including phenoxy) is 1. The highest BCUT2D eigenvalue weighted by molar-refractivity contribution is 7.12. The van der Waals surface area contributed by atoms with Crippen molar-refractivity contribution in [2.24, 2.45) is 0 Å². The molecule has 0 bridgehead atoms. The van der Waals surface area contributed by atoms with Crippen molar-refractivity contribution in [3.05, 3.63) is 33.5 Å². The Bertz CT molecular complexity index is 699. The van der Waals surface area contributed by atoms with Gasteiger partial charge in [-0.25, -0.2) is 9.78 Å². The molecule has 22 heavy (non-hydrogen) atoms. The first-order valence-corrected chi connectivity index (χ1v) is 7.97. The average molecular weight is 319 g/mol. The first-order valence-electron chi connectivity index (χ1n) is 7.15. The third-order valence-electron chi connectivity index (χ3n) is 3.65. The zero-order chi connectivity index (χ0) is 15.5. The molecule has 1 aliphatic heterocycles. The topological polar surface area (TPSA) is 77.2 Å². The third kappa shape index (κ3) is 3.10. The largest absolute Gasteiger partial charge is 0.476 e. The molecule has 7 heteroatoms. The van der Waals surface area contributed by atoms with Crippen LogP contribution < -0.4 is 0 Å². The Kier molecular flexibility index (Phi) is 4.35. The van der Waals surface area contributed by atoms with Gasteiger partial charge in [-0.05, 0) is 38.0 Å². The van der Waals surface area contributed by atoms with Crippen LogP contribution >= 0.6 is 11.3 Å². The van der Waals surface area contributed by atoms with Crippen LogP contribution in [-0.4, -0.2) is 39.1 Å². The van der Waals surface area contributed by atoms with E-state index < -0.39 is 5.97 Å². The third-order valence-corrected chi connectivity index (χ3v) is 4.59. The molecule has 3 rings (SSSR count). The van der Waals surface area contributed by atoms with Crippen LogP contribution in [0.1, 0.15) is 45.0 Å². The first-order chi connectivity index (χ1) is 10.6. The molecule has 1 N–H and O–H groups in total. The first kappa shape index (κ1) is 14.9. The lowest BCUT2D eigenvalue weighted by atomic mass is 10.1. The van der Waals surface area contributed by atoms with Gasteiger partial charge in [0.25, 0.3) is 0 Å². The van der Waals surface area contributed by atoms with Crippen LogP contribution in [-0.2, 0) is 4.74 Å². The Morgan fingerprint density at radius 1 is 1.45 bits per heavy atom. The molecule has 0 saturated carbocycles. The Morgan fingerprint density at radius 2 is 2.23 bits per heavy atom. The predicted octanol–water partition coefficient (Wildman–Crippen LogP) is 2.87. The van der Waals surface area contributed by atoms with Crippen LogP contribution in [0.3, 0.4) is 0 Å². The molecule has 116 valence electrons. The van der Waals surface area contributed by atoms with E-state index in [1.165, 1.54) is 11.3 Å². The van der Waals surface area contributed by atoms with E-state index in [2.05, 4.69) is 10.1 Å². The summed E-state index contributed by atoms with van der Waals surface area (Å²) in [5.41, 5.74) is 1.12. The number of aromatic nitrogens is 3. The second kappa shape index (κ2) is 6.41. The summed E-state index contributed by atoms with van der Waals surface area (Å²) >= 11 is 1.38. The molecule has 6 nitrogen and oxygen atoms in total. The van der Waals surface area contributed by atoms with E-state index in [9.17, 15) is 4.79 Å². The van der Waals surface area contributed by atoms with Gasteiger partial charge in [0.05, 0.1) is 11.7 Å².